The first-order valence-electron chi connectivity index (χ1n) is 10.3. The molecule has 1 amide bonds. The smallest absolute Gasteiger partial charge is 0.418 e. The van der Waals surface area contributed by atoms with Crippen LogP contribution in [-0.4, -0.2) is 24.3 Å². The zero-order valence-corrected chi connectivity index (χ0v) is 17.2. The summed E-state index contributed by atoms with van der Waals surface area (Å²) in [5, 5.41) is 0. The fraction of sp³-hybridized carbons (Fsp3) is 0.250. The molecule has 9 heteroatoms. The van der Waals surface area contributed by atoms with Gasteiger partial charge < -0.3 is 19.1 Å². The van der Waals surface area contributed by atoms with E-state index in [1.165, 1.54) is 17.2 Å². The van der Waals surface area contributed by atoms with Gasteiger partial charge in [0, 0.05) is 23.0 Å². The van der Waals surface area contributed by atoms with Gasteiger partial charge >= 0.3 is 6.18 Å². The van der Waals surface area contributed by atoms with Crippen molar-refractivity contribution in [1.82, 2.24) is 4.98 Å². The number of aromatic nitrogens is 1. The maximum absolute atomic E-state index is 14.0. The SMILES string of the molecule is O=C1N(Cc2ncccc2C(F)(F)F)c2ccccc2[C@@]12COc1cc3c(cc12)OCOC3. The summed E-state index contributed by atoms with van der Waals surface area (Å²) < 4.78 is 57.6. The van der Waals surface area contributed by atoms with Crippen molar-refractivity contribution in [2.75, 3.05) is 18.3 Å². The average Bonchev–Trinajstić information content (AvgIpc) is 3.29. The number of pyridine rings is 1. The number of rotatable bonds is 2. The fourth-order valence-corrected chi connectivity index (χ4v) is 4.88. The van der Waals surface area contributed by atoms with Crippen molar-refractivity contribution < 1.29 is 32.2 Å². The summed E-state index contributed by atoms with van der Waals surface area (Å²) in [4.78, 5) is 19.3. The van der Waals surface area contributed by atoms with Gasteiger partial charge in [0.2, 0.25) is 5.91 Å². The lowest BCUT2D eigenvalue weighted by Crippen LogP contribution is -2.42. The van der Waals surface area contributed by atoms with Crippen LogP contribution in [0.15, 0.2) is 54.7 Å². The van der Waals surface area contributed by atoms with E-state index < -0.39 is 17.2 Å². The van der Waals surface area contributed by atoms with Gasteiger partial charge in [-0.05, 0) is 35.9 Å². The highest BCUT2D eigenvalue weighted by molar-refractivity contribution is 6.11. The molecule has 0 saturated carbocycles. The minimum absolute atomic E-state index is 0.0484. The van der Waals surface area contributed by atoms with Gasteiger partial charge in [0.25, 0.3) is 0 Å². The second-order valence-electron chi connectivity index (χ2n) is 8.16. The van der Waals surface area contributed by atoms with Gasteiger partial charge in [-0.2, -0.15) is 13.2 Å². The van der Waals surface area contributed by atoms with Crippen molar-refractivity contribution in [3.05, 3.63) is 82.7 Å². The molecule has 0 unspecified atom stereocenters. The molecule has 6 nitrogen and oxygen atoms in total. The molecule has 33 heavy (non-hydrogen) atoms. The molecule has 2 aromatic carbocycles. The van der Waals surface area contributed by atoms with Crippen molar-refractivity contribution in [2.24, 2.45) is 0 Å². The standard InChI is InChI=1S/C24H17F3N2O4/c25-24(26,27)15-5-3-7-28-18(15)10-29-19-6-2-1-4-16(19)23(22(29)30)12-32-21-8-14-11-31-13-33-20(14)9-17(21)23/h1-9H,10-13H2/t23-/m1/s1. The Kier molecular flexibility index (Phi) is 4.22. The molecule has 0 aliphatic carbocycles. The van der Waals surface area contributed by atoms with Crippen molar-refractivity contribution in [3.8, 4) is 11.5 Å². The van der Waals surface area contributed by atoms with Crippen LogP contribution in [0.3, 0.4) is 0 Å². The van der Waals surface area contributed by atoms with Crippen LogP contribution in [0.5, 0.6) is 11.5 Å². The lowest BCUT2D eigenvalue weighted by atomic mass is 9.77. The van der Waals surface area contributed by atoms with Crippen LogP contribution in [0.1, 0.15) is 27.9 Å². The molecule has 1 spiro atoms. The number of amides is 1. The summed E-state index contributed by atoms with van der Waals surface area (Å²) in [6.45, 7) is 0.219. The van der Waals surface area contributed by atoms with E-state index >= 15 is 0 Å². The number of halogens is 3. The molecule has 1 aromatic heterocycles. The zero-order chi connectivity index (χ0) is 22.8. The second-order valence-corrected chi connectivity index (χ2v) is 8.16. The van der Waals surface area contributed by atoms with Crippen LogP contribution in [0.2, 0.25) is 0 Å². The van der Waals surface area contributed by atoms with Gasteiger partial charge in [0.1, 0.15) is 23.5 Å². The molecule has 3 aliphatic rings. The van der Waals surface area contributed by atoms with Gasteiger partial charge in [-0.3, -0.25) is 9.78 Å². The molecule has 3 aliphatic heterocycles. The topological polar surface area (TPSA) is 60.9 Å². The van der Waals surface area contributed by atoms with E-state index in [2.05, 4.69) is 4.98 Å². The van der Waals surface area contributed by atoms with Gasteiger partial charge in [-0.1, -0.05) is 18.2 Å². The quantitative estimate of drug-likeness (QED) is 0.581. The molecule has 1 atom stereocenters. The number of hydrogen-bond donors (Lipinski definition) is 0. The average molecular weight is 454 g/mol. The maximum Gasteiger partial charge on any atom is 0.418 e. The zero-order valence-electron chi connectivity index (χ0n) is 17.2. The number of fused-ring (bicyclic) bond motifs is 5. The van der Waals surface area contributed by atoms with Crippen LogP contribution >= 0.6 is 0 Å². The van der Waals surface area contributed by atoms with E-state index in [1.807, 2.05) is 6.07 Å². The Hall–Kier alpha value is -3.59. The molecule has 168 valence electrons. The highest BCUT2D eigenvalue weighted by atomic mass is 19.4. The third-order valence-corrected chi connectivity index (χ3v) is 6.39. The van der Waals surface area contributed by atoms with E-state index in [0.29, 0.717) is 34.9 Å². The van der Waals surface area contributed by atoms with E-state index in [9.17, 15) is 18.0 Å². The number of ether oxygens (including phenoxy) is 3. The Balaban J connectivity index is 1.48. The number of nitrogens with zero attached hydrogens (tertiary/aromatic N) is 2. The van der Waals surface area contributed by atoms with Crippen molar-refractivity contribution in [3.63, 3.8) is 0 Å². The predicted octanol–water partition coefficient (Wildman–Crippen LogP) is 4.19. The van der Waals surface area contributed by atoms with Gasteiger partial charge in [0.05, 0.1) is 24.4 Å². The molecule has 3 aromatic rings. The van der Waals surface area contributed by atoms with Gasteiger partial charge in [0.15, 0.2) is 6.79 Å². The van der Waals surface area contributed by atoms with E-state index in [1.54, 1.807) is 30.3 Å². The lowest BCUT2D eigenvalue weighted by Gasteiger charge is -2.25. The van der Waals surface area contributed by atoms with Crippen LogP contribution in [0, 0.1) is 0 Å². The lowest BCUT2D eigenvalue weighted by molar-refractivity contribution is -0.138. The third kappa shape index (κ3) is 2.85. The van der Waals surface area contributed by atoms with Crippen molar-refractivity contribution >= 4 is 11.6 Å². The second kappa shape index (κ2) is 6.95. The number of hydrogen-bond acceptors (Lipinski definition) is 5. The Morgan fingerprint density at radius 1 is 1.03 bits per heavy atom. The summed E-state index contributed by atoms with van der Waals surface area (Å²) >= 11 is 0. The summed E-state index contributed by atoms with van der Waals surface area (Å²) in [7, 11) is 0. The minimum atomic E-state index is -4.58. The van der Waals surface area contributed by atoms with Crippen LogP contribution < -0.4 is 14.4 Å². The Labute approximate surface area is 186 Å². The number of anilines is 1. The highest BCUT2D eigenvalue weighted by Gasteiger charge is 2.57. The third-order valence-electron chi connectivity index (χ3n) is 6.39. The van der Waals surface area contributed by atoms with E-state index in [-0.39, 0.29) is 31.5 Å². The number of carbonyl (C=O) groups is 1. The van der Waals surface area contributed by atoms with Crippen molar-refractivity contribution in [2.45, 2.75) is 24.7 Å². The highest BCUT2D eigenvalue weighted by Crippen LogP contribution is 2.54. The fourth-order valence-electron chi connectivity index (χ4n) is 4.88. The van der Waals surface area contributed by atoms with Gasteiger partial charge in [-0.25, -0.2) is 0 Å². The molecule has 0 radical (unpaired) electrons. The van der Waals surface area contributed by atoms with Gasteiger partial charge in [-0.15, -0.1) is 0 Å². The first kappa shape index (κ1) is 20.0. The number of benzene rings is 2. The largest absolute Gasteiger partial charge is 0.491 e. The minimum Gasteiger partial charge on any atom is -0.491 e. The van der Waals surface area contributed by atoms with Crippen molar-refractivity contribution in [1.29, 1.82) is 0 Å². The molecule has 0 fully saturated rings. The number of para-hydroxylation sites is 1. The summed E-state index contributed by atoms with van der Waals surface area (Å²) in [6, 6.07) is 12.9. The first-order valence-corrected chi connectivity index (χ1v) is 10.3. The molecular weight excluding hydrogens is 437 g/mol. The van der Waals surface area contributed by atoms with E-state index in [0.717, 1.165) is 11.6 Å². The molecule has 6 rings (SSSR count). The maximum atomic E-state index is 14.0. The summed E-state index contributed by atoms with van der Waals surface area (Å²) in [6.07, 6.45) is -3.28. The molecule has 4 heterocycles. The Morgan fingerprint density at radius 3 is 2.73 bits per heavy atom. The molecule has 0 N–H and O–H groups in total. The summed E-state index contributed by atoms with van der Waals surface area (Å²) in [5.41, 5.74) is 0.439. The number of carbonyl (C=O) groups excluding carboxylic acids is 1. The van der Waals surface area contributed by atoms with Crippen LogP contribution in [0.25, 0.3) is 0 Å². The first-order chi connectivity index (χ1) is 15.9. The predicted molar refractivity (Wildman–Crippen MR) is 110 cm³/mol. The molecular formula is C24H17F3N2O4. The molecule has 0 saturated heterocycles. The van der Waals surface area contributed by atoms with Crippen LogP contribution in [-0.2, 0) is 34.3 Å². The molecule has 0 bridgehead atoms. The normalized spacial score (nSPS) is 20.8. The van der Waals surface area contributed by atoms with Crippen LogP contribution in [0.4, 0.5) is 18.9 Å². The van der Waals surface area contributed by atoms with E-state index in [4.69, 9.17) is 14.2 Å². The summed E-state index contributed by atoms with van der Waals surface area (Å²) in [5.74, 6) is 0.799. The monoisotopic (exact) mass is 454 g/mol. The number of alkyl halides is 3. The Bertz CT molecular complexity index is 1290. The Morgan fingerprint density at radius 2 is 1.88 bits per heavy atom.